The lowest BCUT2D eigenvalue weighted by Crippen LogP contribution is -2.69. The molecular formula is C39H66O33S. The molecule has 426 valence electrons. The zero-order chi connectivity index (χ0) is 53.5. The number of hydrogen-bond donors (Lipinski definition) is 18. The van der Waals surface area contributed by atoms with Crippen LogP contribution in [0.2, 0.25) is 0 Å². The van der Waals surface area contributed by atoms with Crippen molar-refractivity contribution in [1.29, 1.82) is 0 Å². The topological polar surface area (TPSA) is 518 Å². The molecule has 1 unspecified atom stereocenters. The largest absolute Gasteiger partial charge is 0.394 e. The first-order valence-corrected chi connectivity index (χ1v) is 24.7. The fourth-order valence-corrected chi connectivity index (χ4v) is 10.3. The normalized spacial score (nSPS) is 51.9. The number of aliphatic hydroxyl groups excluding tert-OH is 17. The summed E-state index contributed by atoms with van der Waals surface area (Å²) in [6.07, 6.45) is -61.6. The Kier molecular flexibility index (Phi) is 20.2. The number of aliphatic hydroxyl groups is 17. The highest BCUT2D eigenvalue weighted by Gasteiger charge is 2.59. The second-order valence-corrected chi connectivity index (χ2v) is 19.9. The first kappa shape index (κ1) is 59.4. The summed E-state index contributed by atoms with van der Waals surface area (Å²) in [7, 11) is -5.13. The average molecular weight is 1090 g/mol. The summed E-state index contributed by atoms with van der Waals surface area (Å²) in [4.78, 5) is 0. The van der Waals surface area contributed by atoms with E-state index in [1.807, 2.05) is 0 Å². The SMILES string of the molecule is CCC(O[C@@H]1[C@@H](O)[C@H]2O[C@H]3[C@H](O)[C@@H](O)[C@@H](O[C@H]4[C@H](O)[C@@H](O)[C@@H](O[C@H]5[C@H](O)[C@@H](O)[C@@H](O[C@H]6[C@H](O)[C@@H](O)[C@@H](O[C@H]7[C@H](O)[C@@H](O)[C@@H](O[C@H]1[C@@H](CO)O2)O[C@@H]7CO)O[C@@H]6CO)O[C@@H]5CO)O[C@@H]4CO)O[C@@H]3CO)S(=O)(=O)O. The van der Waals surface area contributed by atoms with E-state index < -0.39 is 246 Å². The Balaban J connectivity index is 1.24. The summed E-state index contributed by atoms with van der Waals surface area (Å²) in [5.74, 6) is 0. The summed E-state index contributed by atoms with van der Waals surface area (Å²) in [5, 5.41) is 187. The minimum absolute atomic E-state index is 0.506. The van der Waals surface area contributed by atoms with Crippen molar-refractivity contribution in [3.05, 3.63) is 0 Å². The Morgan fingerprint density at radius 1 is 0.342 bits per heavy atom. The van der Waals surface area contributed by atoms with Crippen LogP contribution in [0.3, 0.4) is 0 Å². The number of hydrogen-bond acceptors (Lipinski definition) is 32. The van der Waals surface area contributed by atoms with Crippen molar-refractivity contribution in [3.8, 4) is 0 Å². The van der Waals surface area contributed by atoms with Gasteiger partial charge in [0.2, 0.25) is 0 Å². The molecule has 0 aliphatic carbocycles. The molecule has 22 aliphatic rings. The van der Waals surface area contributed by atoms with E-state index in [0.717, 1.165) is 0 Å². The third-order valence-corrected chi connectivity index (χ3v) is 14.7. The van der Waals surface area contributed by atoms with Gasteiger partial charge in [-0.15, -0.1) is 0 Å². The van der Waals surface area contributed by atoms with Crippen molar-refractivity contribution in [2.24, 2.45) is 0 Å². The summed E-state index contributed by atoms with van der Waals surface area (Å²) < 4.78 is 109. The quantitative estimate of drug-likeness (QED) is 0.0903. The molecule has 0 spiro atoms. The Labute approximate surface area is 413 Å². The maximum absolute atomic E-state index is 12.4. The van der Waals surface area contributed by atoms with Gasteiger partial charge in [-0.1, -0.05) is 6.92 Å². The van der Waals surface area contributed by atoms with Crippen LogP contribution < -0.4 is 0 Å². The second kappa shape index (κ2) is 24.8. The maximum Gasteiger partial charge on any atom is 0.292 e. The van der Waals surface area contributed by atoms with Crippen molar-refractivity contribution < 1.29 is 161 Å². The van der Waals surface area contributed by atoms with Crippen LogP contribution in [0.1, 0.15) is 13.3 Å². The van der Waals surface area contributed by atoms with Gasteiger partial charge in [0, 0.05) is 0 Å². The predicted molar refractivity (Wildman–Crippen MR) is 220 cm³/mol. The van der Waals surface area contributed by atoms with E-state index in [4.69, 9.17) is 61.6 Å². The van der Waals surface area contributed by atoms with Crippen LogP contribution in [-0.4, -0.2) is 329 Å². The van der Waals surface area contributed by atoms with E-state index in [0.29, 0.717) is 0 Å². The van der Waals surface area contributed by atoms with Crippen molar-refractivity contribution in [3.63, 3.8) is 0 Å². The zero-order valence-electron chi connectivity index (χ0n) is 38.4. The highest BCUT2D eigenvalue weighted by atomic mass is 32.2. The Morgan fingerprint density at radius 3 is 0.753 bits per heavy atom. The van der Waals surface area contributed by atoms with Crippen molar-refractivity contribution in [2.75, 3.05) is 39.6 Å². The van der Waals surface area contributed by atoms with Crippen molar-refractivity contribution >= 4 is 10.1 Å². The van der Waals surface area contributed by atoms with E-state index in [2.05, 4.69) is 0 Å². The van der Waals surface area contributed by atoms with Gasteiger partial charge >= 0.3 is 0 Å². The summed E-state index contributed by atoms with van der Waals surface area (Å²) in [6, 6.07) is 0. The average Bonchev–Trinajstić information content (AvgIpc) is 3.36. The van der Waals surface area contributed by atoms with Crippen LogP contribution in [0.5, 0.6) is 0 Å². The molecule has 18 N–H and O–H groups in total. The van der Waals surface area contributed by atoms with Crippen molar-refractivity contribution in [1.82, 2.24) is 0 Å². The molecule has 33 nitrogen and oxygen atoms in total. The first-order valence-electron chi connectivity index (χ1n) is 23.2. The van der Waals surface area contributed by atoms with E-state index in [-0.39, 0.29) is 0 Å². The minimum atomic E-state index is -5.13. The highest BCUT2D eigenvalue weighted by Crippen LogP contribution is 2.39. The summed E-state index contributed by atoms with van der Waals surface area (Å²) >= 11 is 0. The van der Waals surface area contributed by atoms with E-state index in [1.54, 1.807) is 0 Å². The highest BCUT2D eigenvalue weighted by molar-refractivity contribution is 7.86. The number of ether oxygens (including phenoxy) is 13. The van der Waals surface area contributed by atoms with E-state index >= 15 is 0 Å². The molecule has 12 bridgehead atoms. The van der Waals surface area contributed by atoms with Gasteiger partial charge < -0.3 is 148 Å². The molecule has 34 heteroatoms. The first-order chi connectivity index (χ1) is 34.6. The van der Waals surface area contributed by atoms with Gasteiger partial charge in [-0.05, 0) is 6.42 Å². The number of rotatable bonds is 10. The minimum Gasteiger partial charge on any atom is -0.394 e. The fourth-order valence-electron chi connectivity index (χ4n) is 9.62. The van der Waals surface area contributed by atoms with E-state index in [9.17, 15) is 99.8 Å². The zero-order valence-corrected chi connectivity index (χ0v) is 39.2. The molecule has 0 aromatic heterocycles. The van der Waals surface area contributed by atoms with Gasteiger partial charge in [-0.2, -0.15) is 8.42 Å². The molecule has 0 aromatic carbocycles. The van der Waals surface area contributed by atoms with Gasteiger partial charge in [0.15, 0.2) is 43.2 Å². The van der Waals surface area contributed by atoms with Gasteiger partial charge in [-0.3, -0.25) is 4.55 Å². The molecule has 0 saturated carbocycles. The molecule has 22 heterocycles. The molecule has 22 aliphatic heterocycles. The van der Waals surface area contributed by atoms with Crippen molar-refractivity contribution in [2.45, 2.75) is 203 Å². The molecular weight excluding hydrogens is 1030 g/mol. The van der Waals surface area contributed by atoms with Gasteiger partial charge in [0.25, 0.3) is 10.1 Å². The molecule has 22 saturated heterocycles. The molecule has 0 radical (unpaired) electrons. The molecule has 73 heavy (non-hydrogen) atoms. The lowest BCUT2D eigenvalue weighted by molar-refractivity contribution is -0.405. The molecule has 22 rings (SSSR count). The third-order valence-electron chi connectivity index (χ3n) is 13.6. The molecule has 31 atom stereocenters. The second-order valence-electron chi connectivity index (χ2n) is 18.3. The lowest BCUT2D eigenvalue weighted by atomic mass is 9.94. The fraction of sp³-hybridized carbons (Fsp3) is 1.00. The van der Waals surface area contributed by atoms with Gasteiger partial charge in [0.05, 0.1) is 39.6 Å². The smallest absolute Gasteiger partial charge is 0.292 e. The standard InChI is InChI=1S/C39H66O33S/c1-2-15(73(57,58)59)66-33-26(56)39-65-14(8-45)32(33)72-38-25(55)20(50)30(12(6-43)64-38)70-36-23(53)18(48)28(10(4-41)62-36)68-34-21(51)16(46)27(9(3-40)60-34)67-35-22(52)17(47)29(11(5-42)61-35)69-37-24(54)19(49)31(71-39)13(7-44)63-37/h9-56H,2-8H2,1H3,(H,57,58,59)/t9-,10-,11-,12-,13-,14-,15?,16-,17-,18-,19-,20-,21-,22-,23-,24-,25-,26-,27-,28-,29-,30-,31-,32+,33-,34-,35-,36-,37-,38-,39-/m1/s1. The van der Waals surface area contributed by atoms with Crippen LogP contribution in [0, 0.1) is 0 Å². The van der Waals surface area contributed by atoms with Crippen LogP contribution in [0.4, 0.5) is 0 Å². The van der Waals surface area contributed by atoms with E-state index in [1.165, 1.54) is 6.92 Å². The Morgan fingerprint density at radius 2 is 0.548 bits per heavy atom. The third kappa shape index (κ3) is 12.0. The maximum atomic E-state index is 12.4. The van der Waals surface area contributed by atoms with Crippen LogP contribution in [0.25, 0.3) is 0 Å². The van der Waals surface area contributed by atoms with Crippen LogP contribution in [-0.2, 0) is 71.7 Å². The van der Waals surface area contributed by atoms with Crippen LogP contribution in [0.15, 0.2) is 0 Å². The molecule has 22 fully saturated rings. The van der Waals surface area contributed by atoms with Gasteiger partial charge in [0.1, 0.15) is 146 Å². The molecule has 0 amide bonds. The molecule has 0 aromatic rings. The summed E-state index contributed by atoms with van der Waals surface area (Å²) in [5.41, 5.74) is -2.16. The predicted octanol–water partition coefficient (Wildman–Crippen LogP) is -12.4. The van der Waals surface area contributed by atoms with Gasteiger partial charge in [-0.25, -0.2) is 0 Å². The summed E-state index contributed by atoms with van der Waals surface area (Å²) in [6.45, 7) is -5.17. The monoisotopic (exact) mass is 1090 g/mol. The Bertz CT molecular complexity index is 1830. The Hall–Kier alpha value is -1.29. The van der Waals surface area contributed by atoms with Crippen LogP contribution >= 0.6 is 0 Å². The lowest BCUT2D eigenvalue weighted by Gasteiger charge is -2.51.